The number of anilines is 1. The SMILES string of the molecule is Cc1ccc2c(c1)CCCN2C(=O)CN1C(=O)c2ccccc2C1=O. The fourth-order valence-corrected chi connectivity index (χ4v) is 3.59. The Morgan fingerprint density at radius 3 is 2.40 bits per heavy atom. The van der Waals surface area contributed by atoms with Crippen LogP contribution in [0.3, 0.4) is 0 Å². The summed E-state index contributed by atoms with van der Waals surface area (Å²) in [4.78, 5) is 40.5. The first kappa shape index (κ1) is 15.6. The van der Waals surface area contributed by atoms with Crippen LogP contribution in [0.1, 0.15) is 38.3 Å². The van der Waals surface area contributed by atoms with Crippen molar-refractivity contribution in [2.24, 2.45) is 0 Å². The molecule has 2 aromatic carbocycles. The molecule has 0 radical (unpaired) electrons. The van der Waals surface area contributed by atoms with Crippen LogP contribution in [0.25, 0.3) is 0 Å². The Labute approximate surface area is 145 Å². The number of benzene rings is 2. The number of imide groups is 1. The number of carbonyl (C=O) groups excluding carboxylic acids is 3. The molecule has 2 aromatic rings. The quantitative estimate of drug-likeness (QED) is 0.793. The largest absolute Gasteiger partial charge is 0.311 e. The maximum atomic E-state index is 12.8. The van der Waals surface area contributed by atoms with Crippen molar-refractivity contribution in [1.82, 2.24) is 4.90 Å². The van der Waals surface area contributed by atoms with Crippen LogP contribution in [0.15, 0.2) is 42.5 Å². The number of amides is 3. The molecule has 0 fully saturated rings. The Morgan fingerprint density at radius 1 is 1.04 bits per heavy atom. The van der Waals surface area contributed by atoms with Gasteiger partial charge >= 0.3 is 0 Å². The zero-order chi connectivity index (χ0) is 17.6. The average molecular weight is 334 g/mol. The van der Waals surface area contributed by atoms with Gasteiger partial charge < -0.3 is 4.90 Å². The van der Waals surface area contributed by atoms with Crippen molar-refractivity contribution in [2.45, 2.75) is 19.8 Å². The summed E-state index contributed by atoms with van der Waals surface area (Å²) in [5.74, 6) is -1.01. The van der Waals surface area contributed by atoms with E-state index in [-0.39, 0.29) is 12.5 Å². The molecule has 0 bridgehead atoms. The van der Waals surface area contributed by atoms with Crippen LogP contribution in [-0.2, 0) is 11.2 Å². The Bertz CT molecular complexity index is 869. The molecule has 2 aliphatic rings. The van der Waals surface area contributed by atoms with Crippen LogP contribution < -0.4 is 4.90 Å². The molecule has 25 heavy (non-hydrogen) atoms. The number of fused-ring (bicyclic) bond motifs is 2. The molecule has 0 saturated carbocycles. The highest BCUT2D eigenvalue weighted by molar-refractivity contribution is 6.22. The van der Waals surface area contributed by atoms with Crippen molar-refractivity contribution in [3.63, 3.8) is 0 Å². The standard InChI is InChI=1S/C20H18N2O3/c1-13-8-9-17-14(11-13)5-4-10-21(17)18(23)12-22-19(24)15-6-2-3-7-16(15)20(22)25/h2-3,6-9,11H,4-5,10,12H2,1H3. The first-order valence-electron chi connectivity index (χ1n) is 8.41. The van der Waals surface area contributed by atoms with Crippen LogP contribution in [0.5, 0.6) is 0 Å². The maximum absolute atomic E-state index is 12.8. The Kier molecular flexibility index (Phi) is 3.64. The summed E-state index contributed by atoms with van der Waals surface area (Å²) in [5, 5.41) is 0. The molecule has 5 nitrogen and oxygen atoms in total. The van der Waals surface area contributed by atoms with Gasteiger partial charge in [0.2, 0.25) is 5.91 Å². The van der Waals surface area contributed by atoms with E-state index < -0.39 is 11.8 Å². The van der Waals surface area contributed by atoms with Gasteiger partial charge in [0.25, 0.3) is 11.8 Å². The zero-order valence-electron chi connectivity index (χ0n) is 14.0. The average Bonchev–Trinajstić information content (AvgIpc) is 2.86. The van der Waals surface area contributed by atoms with Crippen molar-refractivity contribution in [2.75, 3.05) is 18.0 Å². The third-order valence-electron chi connectivity index (χ3n) is 4.83. The molecule has 0 aliphatic carbocycles. The molecular formula is C20H18N2O3. The van der Waals surface area contributed by atoms with E-state index >= 15 is 0 Å². The Balaban J connectivity index is 1.58. The molecular weight excluding hydrogens is 316 g/mol. The van der Waals surface area contributed by atoms with Crippen molar-refractivity contribution in [3.8, 4) is 0 Å². The summed E-state index contributed by atoms with van der Waals surface area (Å²) < 4.78 is 0. The summed E-state index contributed by atoms with van der Waals surface area (Å²) >= 11 is 0. The Morgan fingerprint density at radius 2 is 1.72 bits per heavy atom. The first-order chi connectivity index (χ1) is 12.1. The fraction of sp³-hybridized carbons (Fsp3) is 0.250. The highest BCUT2D eigenvalue weighted by Crippen LogP contribution is 2.29. The van der Waals surface area contributed by atoms with Gasteiger partial charge in [0.1, 0.15) is 6.54 Å². The number of hydrogen-bond donors (Lipinski definition) is 0. The van der Waals surface area contributed by atoms with E-state index in [1.54, 1.807) is 29.2 Å². The predicted molar refractivity (Wildman–Crippen MR) is 93.7 cm³/mol. The van der Waals surface area contributed by atoms with Gasteiger partial charge in [-0.1, -0.05) is 29.8 Å². The smallest absolute Gasteiger partial charge is 0.262 e. The molecule has 4 rings (SSSR count). The van der Waals surface area contributed by atoms with E-state index in [1.165, 1.54) is 0 Å². The molecule has 0 aromatic heterocycles. The Hall–Kier alpha value is -2.95. The highest BCUT2D eigenvalue weighted by atomic mass is 16.2. The third-order valence-corrected chi connectivity index (χ3v) is 4.83. The minimum absolute atomic E-state index is 0.223. The van der Waals surface area contributed by atoms with E-state index in [1.807, 2.05) is 19.1 Å². The number of hydrogen-bond acceptors (Lipinski definition) is 3. The summed E-state index contributed by atoms with van der Waals surface area (Å²) in [7, 11) is 0. The topological polar surface area (TPSA) is 57.7 Å². The van der Waals surface area contributed by atoms with Crippen LogP contribution >= 0.6 is 0 Å². The normalized spacial score (nSPS) is 16.0. The lowest BCUT2D eigenvalue weighted by molar-refractivity contribution is -0.119. The summed E-state index contributed by atoms with van der Waals surface area (Å²) in [5.41, 5.74) is 3.93. The van der Waals surface area contributed by atoms with Gasteiger partial charge in [-0.15, -0.1) is 0 Å². The maximum Gasteiger partial charge on any atom is 0.262 e. The zero-order valence-corrected chi connectivity index (χ0v) is 14.0. The molecule has 0 N–H and O–H groups in total. The second-order valence-corrected chi connectivity index (χ2v) is 6.52. The van der Waals surface area contributed by atoms with E-state index in [0.29, 0.717) is 17.7 Å². The third kappa shape index (κ3) is 2.52. The summed E-state index contributed by atoms with van der Waals surface area (Å²) in [6, 6.07) is 12.7. The van der Waals surface area contributed by atoms with Crippen molar-refractivity contribution < 1.29 is 14.4 Å². The molecule has 5 heteroatoms. The number of rotatable bonds is 2. The molecule has 126 valence electrons. The molecule has 2 aliphatic heterocycles. The molecule has 3 amide bonds. The second-order valence-electron chi connectivity index (χ2n) is 6.52. The lowest BCUT2D eigenvalue weighted by Crippen LogP contribution is -2.44. The monoisotopic (exact) mass is 334 g/mol. The van der Waals surface area contributed by atoms with E-state index in [9.17, 15) is 14.4 Å². The minimum atomic E-state index is -0.393. The van der Waals surface area contributed by atoms with Crippen LogP contribution in [0.2, 0.25) is 0 Å². The molecule has 0 spiro atoms. The molecule has 2 heterocycles. The van der Waals surface area contributed by atoms with Gasteiger partial charge in [-0.05, 0) is 43.5 Å². The highest BCUT2D eigenvalue weighted by Gasteiger charge is 2.37. The number of aryl methyl sites for hydroxylation is 2. The van der Waals surface area contributed by atoms with Crippen LogP contribution in [0.4, 0.5) is 5.69 Å². The predicted octanol–water partition coefficient (Wildman–Crippen LogP) is 2.57. The van der Waals surface area contributed by atoms with Gasteiger partial charge in [-0.25, -0.2) is 0 Å². The number of nitrogens with zero attached hydrogens (tertiary/aromatic N) is 2. The summed E-state index contributed by atoms with van der Waals surface area (Å²) in [6.07, 6.45) is 1.82. The van der Waals surface area contributed by atoms with Gasteiger partial charge in [0.15, 0.2) is 0 Å². The first-order valence-corrected chi connectivity index (χ1v) is 8.41. The van der Waals surface area contributed by atoms with Gasteiger partial charge in [-0.3, -0.25) is 19.3 Å². The lowest BCUT2D eigenvalue weighted by Gasteiger charge is -2.30. The van der Waals surface area contributed by atoms with E-state index in [2.05, 4.69) is 6.07 Å². The minimum Gasteiger partial charge on any atom is -0.311 e. The van der Waals surface area contributed by atoms with Crippen LogP contribution in [0, 0.1) is 6.92 Å². The van der Waals surface area contributed by atoms with Crippen LogP contribution in [-0.4, -0.2) is 35.7 Å². The summed E-state index contributed by atoms with van der Waals surface area (Å²) in [6.45, 7) is 2.41. The molecule has 0 saturated heterocycles. The molecule has 0 unspecified atom stereocenters. The van der Waals surface area contributed by atoms with E-state index in [4.69, 9.17) is 0 Å². The van der Waals surface area contributed by atoms with Gasteiger partial charge in [-0.2, -0.15) is 0 Å². The fourth-order valence-electron chi connectivity index (χ4n) is 3.59. The number of carbonyl (C=O) groups is 3. The lowest BCUT2D eigenvalue weighted by atomic mass is 9.99. The van der Waals surface area contributed by atoms with Gasteiger partial charge in [0.05, 0.1) is 11.1 Å². The van der Waals surface area contributed by atoms with Crippen molar-refractivity contribution >= 4 is 23.4 Å². The van der Waals surface area contributed by atoms with E-state index in [0.717, 1.165) is 34.6 Å². The molecule has 0 atom stereocenters. The van der Waals surface area contributed by atoms with Crippen molar-refractivity contribution in [1.29, 1.82) is 0 Å². The second kappa shape index (κ2) is 5.84. The van der Waals surface area contributed by atoms with Gasteiger partial charge in [0, 0.05) is 12.2 Å². The van der Waals surface area contributed by atoms with Crippen molar-refractivity contribution in [3.05, 3.63) is 64.7 Å².